The average Bonchev–Trinajstić information content (AvgIpc) is 2.79. The van der Waals surface area contributed by atoms with E-state index in [1.807, 2.05) is 49.4 Å². The molecule has 0 bridgehead atoms. The zero-order chi connectivity index (χ0) is 22.9. The van der Waals surface area contributed by atoms with Gasteiger partial charge in [0.15, 0.2) is 5.11 Å². The van der Waals surface area contributed by atoms with Crippen LogP contribution in [0.25, 0.3) is 6.08 Å². The van der Waals surface area contributed by atoms with Gasteiger partial charge in [0.1, 0.15) is 5.75 Å². The standard InChI is InChI=1S/C25H23N3O3S/c1-17-5-3-4-6-22(17)24(30)26-19-10-12-20(13-11-19)27-25(32)28-23(29)16-9-18-7-14-21(31-2)15-8-18/h3-16H,1-2H3,(H,26,30)(H2,27,28,29,32)/b16-9+. The summed E-state index contributed by atoms with van der Waals surface area (Å²) < 4.78 is 5.11. The van der Waals surface area contributed by atoms with Gasteiger partial charge in [0.2, 0.25) is 5.91 Å². The van der Waals surface area contributed by atoms with Gasteiger partial charge in [-0.25, -0.2) is 0 Å². The van der Waals surface area contributed by atoms with Gasteiger partial charge in [0.25, 0.3) is 5.91 Å². The molecule has 0 aromatic heterocycles. The van der Waals surface area contributed by atoms with E-state index >= 15 is 0 Å². The Balaban J connectivity index is 1.50. The lowest BCUT2D eigenvalue weighted by molar-refractivity contribution is -0.115. The Kier molecular flexibility index (Phi) is 7.72. The van der Waals surface area contributed by atoms with Gasteiger partial charge in [-0.05, 0) is 78.8 Å². The highest BCUT2D eigenvalue weighted by Gasteiger charge is 2.08. The topological polar surface area (TPSA) is 79.5 Å². The minimum Gasteiger partial charge on any atom is -0.497 e. The number of methoxy groups -OCH3 is 1. The van der Waals surface area contributed by atoms with Crippen molar-refractivity contribution in [3.63, 3.8) is 0 Å². The normalized spacial score (nSPS) is 10.4. The summed E-state index contributed by atoms with van der Waals surface area (Å²) in [5.41, 5.74) is 3.74. The first-order valence-corrected chi connectivity index (χ1v) is 10.3. The first-order chi connectivity index (χ1) is 15.4. The summed E-state index contributed by atoms with van der Waals surface area (Å²) in [5.74, 6) is 0.230. The molecule has 3 aromatic carbocycles. The van der Waals surface area contributed by atoms with Crippen molar-refractivity contribution in [3.8, 4) is 5.75 Å². The van der Waals surface area contributed by atoms with Gasteiger partial charge < -0.3 is 15.4 Å². The molecule has 6 nitrogen and oxygen atoms in total. The maximum Gasteiger partial charge on any atom is 0.255 e. The van der Waals surface area contributed by atoms with Crippen molar-refractivity contribution >= 4 is 46.6 Å². The molecule has 3 rings (SSSR count). The van der Waals surface area contributed by atoms with E-state index in [1.165, 1.54) is 6.08 Å². The second kappa shape index (κ2) is 10.9. The summed E-state index contributed by atoms with van der Waals surface area (Å²) in [6.07, 6.45) is 3.09. The van der Waals surface area contributed by atoms with Crippen LogP contribution in [0.5, 0.6) is 5.75 Å². The fraction of sp³-hybridized carbons (Fsp3) is 0.0800. The SMILES string of the molecule is COc1ccc(/C=C/C(=O)NC(=S)Nc2ccc(NC(=O)c3ccccc3C)cc2)cc1. The number of aryl methyl sites for hydroxylation is 1. The van der Waals surface area contributed by atoms with E-state index in [-0.39, 0.29) is 16.9 Å². The molecular formula is C25H23N3O3S. The smallest absolute Gasteiger partial charge is 0.255 e. The monoisotopic (exact) mass is 445 g/mol. The molecule has 0 aliphatic rings. The highest BCUT2D eigenvalue weighted by atomic mass is 32.1. The number of benzene rings is 3. The van der Waals surface area contributed by atoms with Crippen LogP contribution in [0.2, 0.25) is 0 Å². The molecule has 3 aromatic rings. The third kappa shape index (κ3) is 6.52. The summed E-state index contributed by atoms with van der Waals surface area (Å²) in [5, 5.41) is 8.58. The number of thiocarbonyl (C=S) groups is 1. The molecule has 7 heteroatoms. The number of nitrogens with one attached hydrogen (secondary N) is 3. The second-order valence-electron chi connectivity index (χ2n) is 6.90. The van der Waals surface area contributed by atoms with E-state index in [2.05, 4.69) is 16.0 Å². The van der Waals surface area contributed by atoms with E-state index in [9.17, 15) is 9.59 Å². The van der Waals surface area contributed by atoms with Gasteiger partial charge in [-0.2, -0.15) is 0 Å². The second-order valence-corrected chi connectivity index (χ2v) is 7.30. The lowest BCUT2D eigenvalue weighted by atomic mass is 10.1. The fourth-order valence-corrected chi connectivity index (χ4v) is 3.08. The molecule has 0 aliphatic carbocycles. The molecule has 0 unspecified atom stereocenters. The molecule has 0 radical (unpaired) electrons. The lowest BCUT2D eigenvalue weighted by Gasteiger charge is -2.10. The number of ether oxygens (including phenoxy) is 1. The van der Waals surface area contributed by atoms with Gasteiger partial charge in [0, 0.05) is 23.0 Å². The fourth-order valence-electron chi connectivity index (χ4n) is 2.87. The highest BCUT2D eigenvalue weighted by molar-refractivity contribution is 7.80. The van der Waals surface area contributed by atoms with Gasteiger partial charge in [-0.1, -0.05) is 30.3 Å². The Morgan fingerprint density at radius 3 is 2.12 bits per heavy atom. The van der Waals surface area contributed by atoms with Crippen LogP contribution in [0, 0.1) is 6.92 Å². The third-order valence-electron chi connectivity index (χ3n) is 4.57. The summed E-state index contributed by atoms with van der Waals surface area (Å²) in [6, 6.07) is 21.8. The third-order valence-corrected chi connectivity index (χ3v) is 4.77. The molecule has 0 fully saturated rings. The van der Waals surface area contributed by atoms with Gasteiger partial charge in [-0.3, -0.25) is 14.9 Å². The highest BCUT2D eigenvalue weighted by Crippen LogP contribution is 2.16. The van der Waals surface area contributed by atoms with Crippen molar-refractivity contribution in [2.24, 2.45) is 0 Å². The van der Waals surface area contributed by atoms with Gasteiger partial charge in [0.05, 0.1) is 7.11 Å². The number of amides is 2. The van der Waals surface area contributed by atoms with E-state index in [4.69, 9.17) is 17.0 Å². The molecule has 162 valence electrons. The van der Waals surface area contributed by atoms with Crippen molar-refractivity contribution in [3.05, 3.63) is 95.6 Å². The Morgan fingerprint density at radius 2 is 1.50 bits per heavy atom. The largest absolute Gasteiger partial charge is 0.497 e. The zero-order valence-electron chi connectivity index (χ0n) is 17.7. The molecule has 32 heavy (non-hydrogen) atoms. The summed E-state index contributed by atoms with van der Waals surface area (Å²) in [7, 11) is 1.60. The summed E-state index contributed by atoms with van der Waals surface area (Å²) >= 11 is 5.19. The lowest BCUT2D eigenvalue weighted by Crippen LogP contribution is -2.32. The number of carbonyl (C=O) groups is 2. The predicted molar refractivity (Wildman–Crippen MR) is 132 cm³/mol. The van der Waals surface area contributed by atoms with E-state index in [1.54, 1.807) is 43.5 Å². The molecule has 0 saturated carbocycles. The van der Waals surface area contributed by atoms with Crippen molar-refractivity contribution in [2.75, 3.05) is 17.7 Å². The number of anilines is 2. The number of hydrogen-bond donors (Lipinski definition) is 3. The average molecular weight is 446 g/mol. The Morgan fingerprint density at radius 1 is 0.875 bits per heavy atom. The molecule has 0 atom stereocenters. The molecular weight excluding hydrogens is 422 g/mol. The van der Waals surface area contributed by atoms with Crippen molar-refractivity contribution < 1.29 is 14.3 Å². The minimum atomic E-state index is -0.347. The molecule has 0 saturated heterocycles. The number of carbonyl (C=O) groups excluding carboxylic acids is 2. The number of hydrogen-bond acceptors (Lipinski definition) is 4. The molecule has 0 aliphatic heterocycles. The van der Waals surface area contributed by atoms with E-state index < -0.39 is 0 Å². The van der Waals surface area contributed by atoms with Gasteiger partial charge >= 0.3 is 0 Å². The predicted octanol–water partition coefficient (Wildman–Crippen LogP) is 4.78. The van der Waals surface area contributed by atoms with Crippen LogP contribution in [-0.4, -0.2) is 24.0 Å². The zero-order valence-corrected chi connectivity index (χ0v) is 18.5. The van der Waals surface area contributed by atoms with E-state index in [0.717, 1.165) is 16.9 Å². The maximum atomic E-state index is 12.4. The molecule has 2 amide bonds. The molecule has 0 spiro atoms. The minimum absolute atomic E-state index is 0.171. The van der Waals surface area contributed by atoms with Crippen LogP contribution in [0.4, 0.5) is 11.4 Å². The van der Waals surface area contributed by atoms with Crippen LogP contribution in [-0.2, 0) is 4.79 Å². The first-order valence-electron chi connectivity index (χ1n) is 9.86. The van der Waals surface area contributed by atoms with Crippen molar-refractivity contribution in [1.82, 2.24) is 5.32 Å². The van der Waals surface area contributed by atoms with Crippen LogP contribution >= 0.6 is 12.2 Å². The van der Waals surface area contributed by atoms with Gasteiger partial charge in [-0.15, -0.1) is 0 Å². The number of rotatable bonds is 6. The van der Waals surface area contributed by atoms with Crippen LogP contribution in [0.15, 0.2) is 78.9 Å². The van der Waals surface area contributed by atoms with Crippen LogP contribution in [0.1, 0.15) is 21.5 Å². The molecule has 3 N–H and O–H groups in total. The Hall–Kier alpha value is -3.97. The maximum absolute atomic E-state index is 12.4. The van der Waals surface area contributed by atoms with Crippen molar-refractivity contribution in [1.29, 1.82) is 0 Å². The first kappa shape index (κ1) is 22.7. The summed E-state index contributed by atoms with van der Waals surface area (Å²) in [4.78, 5) is 24.5. The molecule has 0 heterocycles. The van der Waals surface area contributed by atoms with Crippen LogP contribution in [0.3, 0.4) is 0 Å². The van der Waals surface area contributed by atoms with E-state index in [0.29, 0.717) is 16.9 Å². The summed E-state index contributed by atoms with van der Waals surface area (Å²) in [6.45, 7) is 1.89. The Labute approximate surface area is 192 Å². The Bertz CT molecular complexity index is 1140. The van der Waals surface area contributed by atoms with Crippen molar-refractivity contribution in [2.45, 2.75) is 6.92 Å². The quantitative estimate of drug-likeness (QED) is 0.376. The van der Waals surface area contributed by atoms with Crippen LogP contribution < -0.4 is 20.7 Å².